The summed E-state index contributed by atoms with van der Waals surface area (Å²) in [5.74, 6) is 0.161. The Morgan fingerprint density at radius 1 is 1.38 bits per heavy atom. The molecule has 1 aromatic rings. The van der Waals surface area contributed by atoms with Crippen LogP contribution in [0.25, 0.3) is 0 Å². The van der Waals surface area contributed by atoms with Gasteiger partial charge in [-0.3, -0.25) is 10.3 Å². The standard InChI is InChI=1S/C16H22F2N4O3S/c1-23-14-10-12(2-3-13(14)25-15(17)18)11-20-21-16(26)19-4-5-22-6-8-24-9-7-22/h2-3,10-11,15H,4-9H2,1H3,(H2,19,21,26)/b20-11-. The Morgan fingerprint density at radius 3 is 2.85 bits per heavy atom. The Labute approximate surface area is 156 Å². The molecule has 144 valence electrons. The molecule has 1 aliphatic heterocycles. The Bertz CT molecular complexity index is 613. The summed E-state index contributed by atoms with van der Waals surface area (Å²) in [6.45, 7) is 2.04. The molecule has 2 rings (SSSR count). The summed E-state index contributed by atoms with van der Waals surface area (Å²) in [6.07, 6.45) is 1.50. The van der Waals surface area contributed by atoms with Crippen LogP contribution in [0.3, 0.4) is 0 Å². The van der Waals surface area contributed by atoms with E-state index in [9.17, 15) is 8.78 Å². The van der Waals surface area contributed by atoms with E-state index in [0.717, 1.165) is 32.8 Å². The molecule has 2 N–H and O–H groups in total. The molecule has 7 nitrogen and oxygen atoms in total. The van der Waals surface area contributed by atoms with Crippen LogP contribution < -0.4 is 20.2 Å². The number of nitrogens with one attached hydrogen (secondary N) is 2. The number of methoxy groups -OCH3 is 1. The number of ether oxygens (including phenoxy) is 3. The maximum Gasteiger partial charge on any atom is 0.387 e. The van der Waals surface area contributed by atoms with Crippen molar-refractivity contribution >= 4 is 23.5 Å². The van der Waals surface area contributed by atoms with E-state index in [4.69, 9.17) is 21.7 Å². The van der Waals surface area contributed by atoms with Crippen molar-refractivity contribution in [3.63, 3.8) is 0 Å². The van der Waals surface area contributed by atoms with Crippen molar-refractivity contribution in [2.75, 3.05) is 46.5 Å². The molecule has 1 aliphatic rings. The average molecular weight is 388 g/mol. The van der Waals surface area contributed by atoms with Crippen LogP contribution in [-0.2, 0) is 4.74 Å². The third kappa shape index (κ3) is 7.06. The maximum atomic E-state index is 12.3. The second-order valence-corrected chi connectivity index (χ2v) is 5.78. The highest BCUT2D eigenvalue weighted by atomic mass is 32.1. The summed E-state index contributed by atoms with van der Waals surface area (Å²) in [7, 11) is 1.38. The maximum absolute atomic E-state index is 12.3. The summed E-state index contributed by atoms with van der Waals surface area (Å²) in [6, 6.07) is 4.52. The highest BCUT2D eigenvalue weighted by Crippen LogP contribution is 2.28. The van der Waals surface area contributed by atoms with Crippen LogP contribution >= 0.6 is 12.2 Å². The lowest BCUT2D eigenvalue weighted by Crippen LogP contribution is -2.42. The molecule has 1 heterocycles. The van der Waals surface area contributed by atoms with Gasteiger partial charge in [-0.2, -0.15) is 13.9 Å². The van der Waals surface area contributed by atoms with Crippen molar-refractivity contribution in [1.82, 2.24) is 15.6 Å². The first-order valence-electron chi connectivity index (χ1n) is 8.08. The van der Waals surface area contributed by atoms with Gasteiger partial charge in [-0.1, -0.05) is 0 Å². The van der Waals surface area contributed by atoms with Crippen molar-refractivity contribution in [1.29, 1.82) is 0 Å². The van der Waals surface area contributed by atoms with Crippen LogP contribution in [0.2, 0.25) is 0 Å². The van der Waals surface area contributed by atoms with Gasteiger partial charge in [0.1, 0.15) is 0 Å². The summed E-state index contributed by atoms with van der Waals surface area (Å²) < 4.78 is 39.3. The number of hydrogen-bond donors (Lipinski definition) is 2. The number of nitrogens with zero attached hydrogens (tertiary/aromatic N) is 2. The fourth-order valence-electron chi connectivity index (χ4n) is 2.32. The van der Waals surface area contributed by atoms with E-state index in [1.54, 1.807) is 6.07 Å². The van der Waals surface area contributed by atoms with Crippen molar-refractivity contribution in [3.05, 3.63) is 23.8 Å². The van der Waals surface area contributed by atoms with E-state index in [0.29, 0.717) is 17.2 Å². The highest BCUT2D eigenvalue weighted by molar-refractivity contribution is 7.80. The minimum absolute atomic E-state index is 0.0343. The van der Waals surface area contributed by atoms with Crippen molar-refractivity contribution in [3.8, 4) is 11.5 Å². The van der Waals surface area contributed by atoms with Crippen molar-refractivity contribution < 1.29 is 23.0 Å². The Hall–Kier alpha value is -2.04. The molecule has 0 saturated carbocycles. The lowest BCUT2D eigenvalue weighted by molar-refractivity contribution is -0.0512. The second-order valence-electron chi connectivity index (χ2n) is 5.37. The number of thiocarbonyl (C=S) groups is 1. The number of rotatable bonds is 8. The predicted molar refractivity (Wildman–Crippen MR) is 98.2 cm³/mol. The van der Waals surface area contributed by atoms with E-state index < -0.39 is 6.61 Å². The molecule has 0 amide bonds. The Morgan fingerprint density at radius 2 is 2.15 bits per heavy atom. The molecular weight excluding hydrogens is 366 g/mol. The summed E-state index contributed by atoms with van der Waals surface area (Å²) in [5, 5.41) is 7.48. The molecule has 1 aromatic carbocycles. The van der Waals surface area contributed by atoms with Gasteiger partial charge in [0, 0.05) is 26.2 Å². The Balaban J connectivity index is 1.75. The lowest BCUT2D eigenvalue weighted by atomic mass is 10.2. The topological polar surface area (TPSA) is 67.4 Å². The van der Waals surface area contributed by atoms with Crippen LogP contribution in [0.5, 0.6) is 11.5 Å². The van der Waals surface area contributed by atoms with Crippen LogP contribution in [0.15, 0.2) is 23.3 Å². The van der Waals surface area contributed by atoms with Gasteiger partial charge in [-0.05, 0) is 36.0 Å². The van der Waals surface area contributed by atoms with Gasteiger partial charge in [0.05, 0.1) is 26.5 Å². The quantitative estimate of drug-likeness (QED) is 0.397. The molecule has 0 aromatic heterocycles. The third-order valence-corrected chi connectivity index (χ3v) is 3.84. The lowest BCUT2D eigenvalue weighted by Gasteiger charge is -2.26. The van der Waals surface area contributed by atoms with Crippen molar-refractivity contribution in [2.45, 2.75) is 6.61 Å². The summed E-state index contributed by atoms with van der Waals surface area (Å²) in [4.78, 5) is 2.29. The van der Waals surface area contributed by atoms with E-state index >= 15 is 0 Å². The molecule has 0 unspecified atom stereocenters. The predicted octanol–water partition coefficient (Wildman–Crippen LogP) is 1.43. The molecule has 0 atom stereocenters. The first-order valence-corrected chi connectivity index (χ1v) is 8.49. The molecule has 0 radical (unpaired) electrons. The number of benzene rings is 1. The smallest absolute Gasteiger partial charge is 0.387 e. The Kier molecular flexibility index (Phi) is 8.45. The number of morpholine rings is 1. The van der Waals surface area contributed by atoms with Gasteiger partial charge in [-0.15, -0.1) is 0 Å². The van der Waals surface area contributed by atoms with E-state index in [1.807, 2.05) is 0 Å². The third-order valence-electron chi connectivity index (χ3n) is 3.60. The first-order chi connectivity index (χ1) is 12.6. The van der Waals surface area contributed by atoms with Gasteiger partial charge < -0.3 is 19.5 Å². The SMILES string of the molecule is COc1cc(/C=N\NC(=S)NCCN2CCOCC2)ccc1OC(F)F. The summed E-state index contributed by atoms with van der Waals surface area (Å²) >= 11 is 5.15. The number of hydrogen-bond acceptors (Lipinski definition) is 6. The van der Waals surface area contributed by atoms with E-state index in [2.05, 4.69) is 25.5 Å². The van der Waals surface area contributed by atoms with Gasteiger partial charge in [-0.25, -0.2) is 0 Å². The summed E-state index contributed by atoms with van der Waals surface area (Å²) in [5.41, 5.74) is 3.35. The zero-order valence-electron chi connectivity index (χ0n) is 14.4. The van der Waals surface area contributed by atoms with Gasteiger partial charge >= 0.3 is 6.61 Å². The molecule has 1 fully saturated rings. The fourth-order valence-corrected chi connectivity index (χ4v) is 2.47. The molecule has 10 heteroatoms. The molecule has 0 spiro atoms. The molecule has 26 heavy (non-hydrogen) atoms. The van der Waals surface area contributed by atoms with E-state index in [-0.39, 0.29) is 11.5 Å². The second kappa shape index (κ2) is 10.8. The molecule has 1 saturated heterocycles. The normalized spacial score (nSPS) is 15.2. The minimum atomic E-state index is -2.91. The van der Waals surface area contributed by atoms with Crippen LogP contribution in [-0.4, -0.2) is 69.3 Å². The first kappa shape index (κ1) is 20.3. The average Bonchev–Trinajstić information content (AvgIpc) is 2.63. The van der Waals surface area contributed by atoms with Crippen LogP contribution in [0, 0.1) is 0 Å². The van der Waals surface area contributed by atoms with Gasteiger partial charge in [0.2, 0.25) is 0 Å². The monoisotopic (exact) mass is 388 g/mol. The van der Waals surface area contributed by atoms with Crippen molar-refractivity contribution in [2.24, 2.45) is 5.10 Å². The van der Waals surface area contributed by atoms with E-state index in [1.165, 1.54) is 25.5 Å². The molecule has 0 bridgehead atoms. The number of alkyl halides is 2. The fraction of sp³-hybridized carbons (Fsp3) is 0.500. The van der Waals surface area contributed by atoms with Gasteiger partial charge in [0.25, 0.3) is 0 Å². The minimum Gasteiger partial charge on any atom is -0.493 e. The largest absolute Gasteiger partial charge is 0.493 e. The molecule has 0 aliphatic carbocycles. The zero-order chi connectivity index (χ0) is 18.8. The van der Waals surface area contributed by atoms with Crippen LogP contribution in [0.4, 0.5) is 8.78 Å². The van der Waals surface area contributed by atoms with Crippen LogP contribution in [0.1, 0.15) is 5.56 Å². The number of halogens is 2. The zero-order valence-corrected chi connectivity index (χ0v) is 15.2. The highest BCUT2D eigenvalue weighted by Gasteiger charge is 2.11. The number of hydrazone groups is 1. The van der Waals surface area contributed by atoms with Gasteiger partial charge in [0.15, 0.2) is 16.6 Å². The molecular formula is C16H22F2N4O3S.